The van der Waals surface area contributed by atoms with Crippen molar-refractivity contribution in [1.29, 1.82) is 0 Å². The lowest BCUT2D eigenvalue weighted by atomic mass is 10.3. The van der Waals surface area contributed by atoms with E-state index in [2.05, 4.69) is 25.6 Å². The quantitative estimate of drug-likeness (QED) is 0.555. The zero-order valence-electron chi connectivity index (χ0n) is 6.03. The fourth-order valence-electron chi connectivity index (χ4n) is 0.820. The molecule has 0 bridgehead atoms. The Morgan fingerprint density at radius 2 is 2.00 bits per heavy atom. The molecule has 2 aromatic heterocycles. The number of pyridine rings is 1. The molecular weight excluding hydrogens is 222 g/mol. The number of hydrogen-bond donors (Lipinski definition) is 1. The van der Waals surface area contributed by atoms with Crippen molar-refractivity contribution in [2.75, 3.05) is 0 Å². The third-order valence-corrected chi connectivity index (χ3v) is 1.32. The highest BCUT2D eigenvalue weighted by molar-refractivity contribution is 5.51. The second-order valence-electron chi connectivity index (χ2n) is 2.02. The SMILES string of the molecule is [Br-].c1cc(-c2nn[nH]n2)cc[nH+]1. The number of hydrogen-bond acceptors (Lipinski definition) is 3. The Labute approximate surface area is 79.0 Å². The molecule has 12 heavy (non-hydrogen) atoms. The second-order valence-corrected chi connectivity index (χ2v) is 2.02. The maximum atomic E-state index is 3.83. The van der Waals surface area contributed by atoms with Gasteiger partial charge in [-0.15, -0.1) is 10.2 Å². The van der Waals surface area contributed by atoms with Gasteiger partial charge in [-0.05, 0) is 5.21 Å². The predicted octanol–water partition coefficient (Wildman–Crippen LogP) is -3.32. The lowest BCUT2D eigenvalue weighted by Gasteiger charge is -1.85. The first-order valence-corrected chi connectivity index (χ1v) is 3.17. The van der Waals surface area contributed by atoms with E-state index >= 15 is 0 Å². The monoisotopic (exact) mass is 227 g/mol. The van der Waals surface area contributed by atoms with E-state index in [1.807, 2.05) is 24.5 Å². The van der Waals surface area contributed by atoms with Gasteiger partial charge in [-0.3, -0.25) is 0 Å². The molecule has 62 valence electrons. The van der Waals surface area contributed by atoms with Crippen LogP contribution in [0.3, 0.4) is 0 Å². The molecule has 0 unspecified atom stereocenters. The summed E-state index contributed by atoms with van der Waals surface area (Å²) in [5.74, 6) is 0.610. The van der Waals surface area contributed by atoms with Gasteiger partial charge in [-0.2, -0.15) is 5.21 Å². The van der Waals surface area contributed by atoms with E-state index in [9.17, 15) is 0 Å². The van der Waals surface area contributed by atoms with Crippen molar-refractivity contribution in [2.24, 2.45) is 0 Å². The van der Waals surface area contributed by atoms with E-state index < -0.39 is 0 Å². The maximum Gasteiger partial charge on any atom is 0.205 e. The highest BCUT2D eigenvalue weighted by Gasteiger charge is 2.00. The van der Waals surface area contributed by atoms with Crippen molar-refractivity contribution < 1.29 is 22.0 Å². The van der Waals surface area contributed by atoms with Crippen molar-refractivity contribution in [3.05, 3.63) is 24.5 Å². The van der Waals surface area contributed by atoms with Gasteiger partial charge in [-0.1, -0.05) is 0 Å². The fourth-order valence-corrected chi connectivity index (χ4v) is 0.820. The summed E-state index contributed by atoms with van der Waals surface area (Å²) in [6.07, 6.45) is 3.62. The van der Waals surface area contributed by atoms with Crippen LogP contribution < -0.4 is 22.0 Å². The van der Waals surface area contributed by atoms with Crippen molar-refractivity contribution in [2.45, 2.75) is 0 Å². The first kappa shape index (κ1) is 8.79. The van der Waals surface area contributed by atoms with Gasteiger partial charge < -0.3 is 17.0 Å². The van der Waals surface area contributed by atoms with E-state index in [0.29, 0.717) is 5.82 Å². The van der Waals surface area contributed by atoms with Crippen LogP contribution in [0.15, 0.2) is 24.5 Å². The highest BCUT2D eigenvalue weighted by Crippen LogP contribution is 2.08. The molecule has 0 fully saturated rings. The molecule has 5 nitrogen and oxygen atoms in total. The smallest absolute Gasteiger partial charge is 0.205 e. The average molecular weight is 228 g/mol. The van der Waals surface area contributed by atoms with Crippen LogP contribution in [0.2, 0.25) is 0 Å². The lowest BCUT2D eigenvalue weighted by molar-refractivity contribution is -0.377. The molecule has 0 amide bonds. The average Bonchev–Trinajstić information content (AvgIpc) is 2.58. The van der Waals surface area contributed by atoms with Crippen molar-refractivity contribution in [1.82, 2.24) is 20.6 Å². The number of aromatic amines is 2. The highest BCUT2D eigenvalue weighted by atomic mass is 79.9. The Hall–Kier alpha value is -1.30. The Balaban J connectivity index is 0.000000720. The number of H-pyrrole nitrogens is 2. The van der Waals surface area contributed by atoms with Gasteiger partial charge in [0, 0.05) is 17.7 Å². The summed E-state index contributed by atoms with van der Waals surface area (Å²) in [7, 11) is 0. The first-order chi connectivity index (χ1) is 5.47. The first-order valence-electron chi connectivity index (χ1n) is 3.17. The molecule has 2 N–H and O–H groups in total. The molecule has 0 radical (unpaired) electrons. The Kier molecular flexibility index (Phi) is 2.87. The van der Waals surface area contributed by atoms with Crippen LogP contribution >= 0.6 is 0 Å². The van der Waals surface area contributed by atoms with E-state index in [4.69, 9.17) is 0 Å². The van der Waals surface area contributed by atoms with Gasteiger partial charge in [-0.25, -0.2) is 4.98 Å². The summed E-state index contributed by atoms with van der Waals surface area (Å²) in [6, 6.07) is 3.76. The van der Waals surface area contributed by atoms with Gasteiger partial charge in [0.15, 0.2) is 12.4 Å². The summed E-state index contributed by atoms with van der Waals surface area (Å²) >= 11 is 0. The van der Waals surface area contributed by atoms with Crippen LogP contribution in [-0.4, -0.2) is 20.6 Å². The summed E-state index contributed by atoms with van der Waals surface area (Å²) in [5.41, 5.74) is 0.942. The zero-order valence-corrected chi connectivity index (χ0v) is 7.62. The molecule has 0 saturated carbocycles. The molecule has 2 heterocycles. The standard InChI is InChI=1S/C6H5N5.BrH/c1-3-7-4-2-5(1)6-8-10-11-9-6;/h1-4H,(H,8,9,10,11);1H. The molecule has 0 spiro atoms. The van der Waals surface area contributed by atoms with Crippen molar-refractivity contribution >= 4 is 0 Å². The molecule has 2 aromatic rings. The number of tetrazole rings is 1. The second kappa shape index (κ2) is 3.91. The third kappa shape index (κ3) is 1.65. The lowest BCUT2D eigenvalue weighted by Crippen LogP contribution is -3.00. The maximum absolute atomic E-state index is 3.83. The molecule has 0 atom stereocenters. The fraction of sp³-hybridized carbons (Fsp3) is 0. The molecule has 2 rings (SSSR count). The number of aromatic nitrogens is 5. The minimum atomic E-state index is 0. The molecule has 0 aliphatic heterocycles. The van der Waals surface area contributed by atoms with Crippen molar-refractivity contribution in [3.63, 3.8) is 0 Å². The van der Waals surface area contributed by atoms with Crippen molar-refractivity contribution in [3.8, 4) is 11.4 Å². The minimum absolute atomic E-state index is 0. The van der Waals surface area contributed by atoms with Crippen LogP contribution in [0, 0.1) is 0 Å². The van der Waals surface area contributed by atoms with Crippen LogP contribution in [0.25, 0.3) is 11.4 Å². The Bertz CT molecular complexity index is 319. The number of rotatable bonds is 1. The van der Waals surface area contributed by atoms with Crippen LogP contribution in [-0.2, 0) is 0 Å². The number of halogens is 1. The minimum Gasteiger partial charge on any atom is -1.00 e. The molecule has 0 saturated heterocycles. The molecular formula is C6H6BrN5. The summed E-state index contributed by atoms with van der Waals surface area (Å²) in [5, 5.41) is 13.5. The van der Waals surface area contributed by atoms with Crippen LogP contribution in [0.1, 0.15) is 0 Å². The van der Waals surface area contributed by atoms with E-state index in [0.717, 1.165) is 5.56 Å². The van der Waals surface area contributed by atoms with Gasteiger partial charge >= 0.3 is 0 Å². The zero-order chi connectivity index (χ0) is 7.52. The Morgan fingerprint density at radius 3 is 2.58 bits per heavy atom. The van der Waals surface area contributed by atoms with Gasteiger partial charge in [0.05, 0.1) is 0 Å². The predicted molar refractivity (Wildman–Crippen MR) is 36.2 cm³/mol. The summed E-state index contributed by atoms with van der Waals surface area (Å²) < 4.78 is 0. The summed E-state index contributed by atoms with van der Waals surface area (Å²) in [6.45, 7) is 0. The Morgan fingerprint density at radius 1 is 1.25 bits per heavy atom. The normalized spacial score (nSPS) is 9.00. The van der Waals surface area contributed by atoms with E-state index in [-0.39, 0.29) is 17.0 Å². The van der Waals surface area contributed by atoms with Gasteiger partial charge in [0.2, 0.25) is 5.82 Å². The van der Waals surface area contributed by atoms with Gasteiger partial charge in [0.25, 0.3) is 0 Å². The van der Waals surface area contributed by atoms with Gasteiger partial charge in [0.1, 0.15) is 0 Å². The number of nitrogens with one attached hydrogen (secondary N) is 2. The van der Waals surface area contributed by atoms with Crippen LogP contribution in [0.5, 0.6) is 0 Å². The molecule has 0 aromatic carbocycles. The van der Waals surface area contributed by atoms with Crippen LogP contribution in [0.4, 0.5) is 0 Å². The van der Waals surface area contributed by atoms with E-state index in [1.54, 1.807) is 0 Å². The third-order valence-electron chi connectivity index (χ3n) is 1.32. The topological polar surface area (TPSA) is 68.6 Å². The number of nitrogens with zero attached hydrogens (tertiary/aromatic N) is 3. The molecule has 0 aliphatic carbocycles. The molecule has 6 heteroatoms. The largest absolute Gasteiger partial charge is 1.00 e. The van der Waals surface area contributed by atoms with E-state index in [1.165, 1.54) is 0 Å². The summed E-state index contributed by atoms with van der Waals surface area (Å²) in [4.78, 5) is 2.91. The molecule has 0 aliphatic rings.